The molecule has 2 fully saturated rings. The molecule has 0 unspecified atom stereocenters. The highest BCUT2D eigenvalue weighted by molar-refractivity contribution is 5.22. The van der Waals surface area contributed by atoms with Crippen molar-refractivity contribution in [3.63, 3.8) is 0 Å². The molecule has 4 bridgehead atoms. The van der Waals surface area contributed by atoms with Crippen LogP contribution in [0, 0.1) is 23.7 Å². The zero-order valence-electron chi connectivity index (χ0n) is 8.84. The van der Waals surface area contributed by atoms with Crippen molar-refractivity contribution in [2.45, 2.75) is 46.0 Å². The minimum Gasteiger partial charge on any atom is -0.0710 e. The molecule has 0 aliphatic heterocycles. The first kappa shape index (κ1) is 8.08. The molecule has 4 rings (SSSR count). The highest BCUT2D eigenvalue weighted by Gasteiger charge is 2.40. The van der Waals surface area contributed by atoms with E-state index >= 15 is 0 Å². The van der Waals surface area contributed by atoms with E-state index in [4.69, 9.17) is 0 Å². The van der Waals surface area contributed by atoms with Crippen LogP contribution >= 0.6 is 0 Å². The Bertz CT molecular complexity index is 223. The lowest BCUT2D eigenvalue weighted by Crippen LogP contribution is -2.28. The summed E-state index contributed by atoms with van der Waals surface area (Å²) in [6.07, 6.45) is 7.66. The Morgan fingerprint density at radius 3 is 1.46 bits per heavy atom. The molecular formula is C13H20. The van der Waals surface area contributed by atoms with Crippen molar-refractivity contribution in [2.24, 2.45) is 23.7 Å². The van der Waals surface area contributed by atoms with Gasteiger partial charge in [-0.1, -0.05) is 11.1 Å². The standard InChI is InChI=1S/C13H20/c1-8-9(2)13-6-10-3-11(7-13)5-12(8)4-10/h10-13H,3-7H2,1-2H3. The molecule has 0 aromatic carbocycles. The minimum atomic E-state index is 0.983. The van der Waals surface area contributed by atoms with Gasteiger partial charge in [0.15, 0.2) is 0 Å². The van der Waals surface area contributed by atoms with Gasteiger partial charge >= 0.3 is 0 Å². The Labute approximate surface area is 81.4 Å². The number of hydrogen-bond donors (Lipinski definition) is 0. The Morgan fingerprint density at radius 2 is 1.08 bits per heavy atom. The quantitative estimate of drug-likeness (QED) is 0.493. The molecule has 0 amide bonds. The van der Waals surface area contributed by atoms with E-state index in [0.29, 0.717) is 0 Å². The van der Waals surface area contributed by atoms with Gasteiger partial charge in [0, 0.05) is 0 Å². The van der Waals surface area contributed by atoms with Crippen LogP contribution in [0.25, 0.3) is 0 Å². The van der Waals surface area contributed by atoms with Crippen LogP contribution in [0.2, 0.25) is 0 Å². The molecule has 4 aliphatic rings. The van der Waals surface area contributed by atoms with Crippen LogP contribution in [0.5, 0.6) is 0 Å². The normalized spacial score (nSPS) is 48.5. The maximum atomic E-state index is 2.41. The van der Waals surface area contributed by atoms with Gasteiger partial charge in [0.25, 0.3) is 0 Å². The molecule has 72 valence electrons. The van der Waals surface area contributed by atoms with E-state index in [9.17, 15) is 0 Å². The molecule has 0 saturated heterocycles. The summed E-state index contributed by atoms with van der Waals surface area (Å²) < 4.78 is 0. The van der Waals surface area contributed by atoms with E-state index < -0.39 is 0 Å². The fourth-order valence-electron chi connectivity index (χ4n) is 4.20. The van der Waals surface area contributed by atoms with Gasteiger partial charge in [-0.3, -0.25) is 0 Å². The van der Waals surface area contributed by atoms with E-state index in [1.165, 1.54) is 25.7 Å². The summed E-state index contributed by atoms with van der Waals surface area (Å²) in [7, 11) is 0. The zero-order valence-corrected chi connectivity index (χ0v) is 8.84. The average molecular weight is 176 g/mol. The second-order valence-electron chi connectivity index (χ2n) is 5.67. The van der Waals surface area contributed by atoms with Crippen LogP contribution in [0.3, 0.4) is 0 Å². The Morgan fingerprint density at radius 1 is 0.692 bits per heavy atom. The molecule has 0 heterocycles. The Kier molecular flexibility index (Phi) is 1.63. The summed E-state index contributed by atoms with van der Waals surface area (Å²) in [4.78, 5) is 0. The van der Waals surface area contributed by atoms with Crippen LogP contribution in [0.1, 0.15) is 46.0 Å². The monoisotopic (exact) mass is 176 g/mol. The molecule has 0 atom stereocenters. The van der Waals surface area contributed by atoms with Gasteiger partial charge in [-0.05, 0) is 69.6 Å². The van der Waals surface area contributed by atoms with Crippen LogP contribution in [-0.2, 0) is 0 Å². The van der Waals surface area contributed by atoms with Gasteiger partial charge in [0.1, 0.15) is 0 Å². The number of allylic oxidation sites excluding steroid dienone is 2. The molecule has 0 nitrogen and oxygen atoms in total. The second kappa shape index (κ2) is 2.62. The third kappa shape index (κ3) is 1.11. The lowest BCUT2D eigenvalue weighted by Gasteiger charge is -2.39. The first-order chi connectivity index (χ1) is 6.24. The predicted octanol–water partition coefficient (Wildman–Crippen LogP) is 3.78. The van der Waals surface area contributed by atoms with Crippen LogP contribution in [-0.4, -0.2) is 0 Å². The fraction of sp³-hybridized carbons (Fsp3) is 0.846. The highest BCUT2D eigenvalue weighted by atomic mass is 14.5. The second-order valence-corrected chi connectivity index (χ2v) is 5.67. The Hall–Kier alpha value is -0.260. The Balaban J connectivity index is 2.03. The lowest BCUT2D eigenvalue weighted by molar-refractivity contribution is 0.138. The van der Waals surface area contributed by atoms with Crippen LogP contribution in [0.15, 0.2) is 11.1 Å². The predicted molar refractivity (Wildman–Crippen MR) is 55.4 cm³/mol. The van der Waals surface area contributed by atoms with Crippen molar-refractivity contribution >= 4 is 0 Å². The smallest absolute Gasteiger partial charge is 0.0198 e. The first-order valence-electron chi connectivity index (χ1n) is 5.91. The van der Waals surface area contributed by atoms with Crippen molar-refractivity contribution in [1.82, 2.24) is 0 Å². The van der Waals surface area contributed by atoms with Gasteiger partial charge in [-0.2, -0.15) is 0 Å². The van der Waals surface area contributed by atoms with Gasteiger partial charge in [0.2, 0.25) is 0 Å². The zero-order chi connectivity index (χ0) is 9.00. The van der Waals surface area contributed by atoms with Gasteiger partial charge in [-0.15, -0.1) is 0 Å². The van der Waals surface area contributed by atoms with Crippen molar-refractivity contribution in [3.8, 4) is 0 Å². The van der Waals surface area contributed by atoms with Crippen LogP contribution in [0.4, 0.5) is 0 Å². The summed E-state index contributed by atoms with van der Waals surface area (Å²) in [5.74, 6) is 4.15. The van der Waals surface area contributed by atoms with Crippen molar-refractivity contribution in [1.29, 1.82) is 0 Å². The first-order valence-corrected chi connectivity index (χ1v) is 5.91. The minimum absolute atomic E-state index is 0.983. The largest absolute Gasteiger partial charge is 0.0710 e. The third-order valence-corrected chi connectivity index (χ3v) is 4.98. The number of rotatable bonds is 0. The molecule has 0 N–H and O–H groups in total. The van der Waals surface area contributed by atoms with Gasteiger partial charge < -0.3 is 0 Å². The molecule has 13 heavy (non-hydrogen) atoms. The molecule has 0 heteroatoms. The van der Waals surface area contributed by atoms with E-state index in [2.05, 4.69) is 13.8 Å². The lowest BCUT2D eigenvalue weighted by atomic mass is 9.66. The van der Waals surface area contributed by atoms with Gasteiger partial charge in [-0.25, -0.2) is 0 Å². The molecule has 0 radical (unpaired) electrons. The molecule has 0 spiro atoms. The summed E-state index contributed by atoms with van der Waals surface area (Å²) >= 11 is 0. The number of hydrogen-bond acceptors (Lipinski definition) is 0. The van der Waals surface area contributed by atoms with E-state index in [1.54, 1.807) is 17.6 Å². The summed E-state index contributed by atoms with van der Waals surface area (Å²) in [5.41, 5.74) is 3.55. The molecule has 0 aromatic heterocycles. The summed E-state index contributed by atoms with van der Waals surface area (Å²) in [5, 5.41) is 0. The van der Waals surface area contributed by atoms with E-state index in [1.807, 2.05) is 0 Å². The van der Waals surface area contributed by atoms with Gasteiger partial charge in [0.05, 0.1) is 0 Å². The van der Waals surface area contributed by atoms with Crippen molar-refractivity contribution in [3.05, 3.63) is 11.1 Å². The molecule has 0 aromatic rings. The maximum Gasteiger partial charge on any atom is -0.0198 e. The maximum absolute atomic E-state index is 2.41. The summed E-state index contributed by atoms with van der Waals surface area (Å²) in [6, 6.07) is 0. The summed E-state index contributed by atoms with van der Waals surface area (Å²) in [6.45, 7) is 4.81. The topological polar surface area (TPSA) is 0 Å². The average Bonchev–Trinajstić information content (AvgIpc) is 2.23. The fourth-order valence-corrected chi connectivity index (χ4v) is 4.20. The molecular weight excluding hydrogens is 156 g/mol. The highest BCUT2D eigenvalue weighted by Crippen LogP contribution is 2.52. The van der Waals surface area contributed by atoms with Crippen LogP contribution < -0.4 is 0 Å². The third-order valence-electron chi connectivity index (χ3n) is 4.98. The molecule has 4 aliphatic carbocycles. The van der Waals surface area contributed by atoms with E-state index in [0.717, 1.165) is 23.7 Å². The van der Waals surface area contributed by atoms with E-state index in [-0.39, 0.29) is 0 Å². The van der Waals surface area contributed by atoms with Crippen molar-refractivity contribution in [2.75, 3.05) is 0 Å². The SMILES string of the molecule is CC1=C(C)C2CC3CC(CC1C3)C2. The van der Waals surface area contributed by atoms with Crippen molar-refractivity contribution < 1.29 is 0 Å². The molecule has 2 saturated carbocycles.